The lowest BCUT2D eigenvalue weighted by Gasteiger charge is -2.09. The molecule has 5 nitrogen and oxygen atoms in total. The van der Waals surface area contributed by atoms with E-state index in [9.17, 15) is 22.4 Å². The molecule has 0 fully saturated rings. The lowest BCUT2D eigenvalue weighted by atomic mass is 10.2. The van der Waals surface area contributed by atoms with Crippen LogP contribution in [0.15, 0.2) is 6.07 Å². The Balaban J connectivity index is 2.46. The van der Waals surface area contributed by atoms with E-state index in [4.69, 9.17) is 5.73 Å². The molecule has 0 aliphatic heterocycles. The normalized spacial score (nSPS) is 10.8. The minimum atomic E-state index is -1.71. The Bertz CT molecular complexity index is 715. The second-order valence-corrected chi connectivity index (χ2v) is 4.27. The van der Waals surface area contributed by atoms with Gasteiger partial charge in [0.2, 0.25) is 0 Å². The zero-order valence-corrected chi connectivity index (χ0v) is 11.0. The van der Waals surface area contributed by atoms with Gasteiger partial charge in [0.25, 0.3) is 5.91 Å². The Morgan fingerprint density at radius 3 is 2.19 bits per heavy atom. The Labute approximate surface area is 116 Å². The summed E-state index contributed by atoms with van der Waals surface area (Å²) in [5.41, 5.74) is 4.52. The van der Waals surface area contributed by atoms with Crippen LogP contribution < -0.4 is 11.1 Å². The van der Waals surface area contributed by atoms with Crippen molar-refractivity contribution in [3.8, 4) is 0 Å². The van der Waals surface area contributed by atoms with E-state index >= 15 is 0 Å². The SMILES string of the molecule is Cc1nn(C)c(C(=O)Nc2c(F)c(F)cc(F)c2F)c1N. The molecule has 1 heterocycles. The second kappa shape index (κ2) is 5.08. The summed E-state index contributed by atoms with van der Waals surface area (Å²) in [5, 5.41) is 5.61. The number of hydrogen-bond acceptors (Lipinski definition) is 3. The Morgan fingerprint density at radius 1 is 1.24 bits per heavy atom. The van der Waals surface area contributed by atoms with Crippen molar-refractivity contribution in [2.45, 2.75) is 6.92 Å². The average Bonchev–Trinajstić information content (AvgIpc) is 2.66. The van der Waals surface area contributed by atoms with Gasteiger partial charge < -0.3 is 11.1 Å². The number of nitrogen functional groups attached to an aromatic ring is 1. The quantitative estimate of drug-likeness (QED) is 0.659. The van der Waals surface area contributed by atoms with Crippen molar-refractivity contribution in [3.63, 3.8) is 0 Å². The third-order valence-corrected chi connectivity index (χ3v) is 2.83. The van der Waals surface area contributed by atoms with Crippen molar-refractivity contribution < 1.29 is 22.4 Å². The van der Waals surface area contributed by atoms with Crippen molar-refractivity contribution in [2.24, 2.45) is 7.05 Å². The maximum atomic E-state index is 13.5. The molecule has 3 N–H and O–H groups in total. The first-order valence-electron chi connectivity index (χ1n) is 5.67. The molecular weight excluding hydrogens is 292 g/mol. The van der Waals surface area contributed by atoms with E-state index in [1.165, 1.54) is 14.0 Å². The van der Waals surface area contributed by atoms with E-state index in [2.05, 4.69) is 5.10 Å². The number of nitrogens with one attached hydrogen (secondary N) is 1. The van der Waals surface area contributed by atoms with Crippen LogP contribution >= 0.6 is 0 Å². The van der Waals surface area contributed by atoms with Gasteiger partial charge in [-0.25, -0.2) is 17.6 Å². The largest absolute Gasteiger partial charge is 0.395 e. The summed E-state index contributed by atoms with van der Waals surface area (Å²) < 4.78 is 54.2. The van der Waals surface area contributed by atoms with Crippen molar-refractivity contribution >= 4 is 17.3 Å². The molecule has 0 unspecified atom stereocenters. The van der Waals surface area contributed by atoms with Crippen LogP contribution in [0.4, 0.5) is 28.9 Å². The number of anilines is 2. The maximum absolute atomic E-state index is 13.5. The third kappa shape index (κ3) is 2.41. The van der Waals surface area contributed by atoms with Crippen LogP contribution in [0.5, 0.6) is 0 Å². The van der Waals surface area contributed by atoms with Crippen LogP contribution in [0.3, 0.4) is 0 Å². The van der Waals surface area contributed by atoms with Crippen LogP contribution in [-0.4, -0.2) is 15.7 Å². The first-order chi connectivity index (χ1) is 9.73. The van der Waals surface area contributed by atoms with E-state index in [1.54, 1.807) is 5.32 Å². The summed E-state index contributed by atoms with van der Waals surface area (Å²) in [7, 11) is 1.39. The predicted octanol–water partition coefficient (Wildman–Crippen LogP) is 2.12. The third-order valence-electron chi connectivity index (χ3n) is 2.83. The average molecular weight is 302 g/mol. The lowest BCUT2D eigenvalue weighted by molar-refractivity contribution is 0.101. The Kier molecular flexibility index (Phi) is 3.58. The van der Waals surface area contributed by atoms with E-state index in [0.29, 0.717) is 5.69 Å². The summed E-state index contributed by atoms with van der Waals surface area (Å²) in [4.78, 5) is 12.0. The molecule has 0 spiro atoms. The molecule has 9 heteroatoms. The van der Waals surface area contributed by atoms with Gasteiger partial charge in [-0.15, -0.1) is 0 Å². The molecule has 2 aromatic rings. The second-order valence-electron chi connectivity index (χ2n) is 4.27. The van der Waals surface area contributed by atoms with Crippen LogP contribution in [0.1, 0.15) is 16.2 Å². The monoisotopic (exact) mass is 302 g/mol. The van der Waals surface area contributed by atoms with Gasteiger partial charge in [0, 0.05) is 13.1 Å². The summed E-state index contributed by atoms with van der Waals surface area (Å²) in [6.07, 6.45) is 0. The number of carbonyl (C=O) groups excluding carboxylic acids is 1. The van der Waals surface area contributed by atoms with Gasteiger partial charge in [-0.3, -0.25) is 9.48 Å². The zero-order chi connectivity index (χ0) is 15.9. The van der Waals surface area contributed by atoms with Gasteiger partial charge in [-0.2, -0.15) is 5.10 Å². The highest BCUT2D eigenvalue weighted by molar-refractivity contribution is 6.06. The number of aromatic nitrogens is 2. The highest BCUT2D eigenvalue weighted by Gasteiger charge is 2.24. The first kappa shape index (κ1) is 14.8. The lowest BCUT2D eigenvalue weighted by Crippen LogP contribution is -2.20. The molecule has 0 radical (unpaired) electrons. The summed E-state index contributed by atoms with van der Waals surface area (Å²) in [6, 6.07) is 0.0445. The number of amides is 1. The summed E-state index contributed by atoms with van der Waals surface area (Å²) >= 11 is 0. The predicted molar refractivity (Wildman–Crippen MR) is 66.6 cm³/mol. The standard InChI is InChI=1S/C12H10F4N4O/c1-4-9(17)11(20(2)19-4)12(21)18-10-7(15)5(13)3-6(14)8(10)16/h3H,17H2,1-2H3,(H,18,21). The molecule has 0 saturated carbocycles. The molecule has 1 amide bonds. The molecule has 112 valence electrons. The van der Waals surface area contributed by atoms with Crippen LogP contribution in [0.25, 0.3) is 0 Å². The van der Waals surface area contributed by atoms with E-state index in [0.717, 1.165) is 4.68 Å². The Hall–Kier alpha value is -2.58. The van der Waals surface area contributed by atoms with Gasteiger partial charge in [0.1, 0.15) is 11.4 Å². The highest BCUT2D eigenvalue weighted by Crippen LogP contribution is 2.25. The minimum absolute atomic E-state index is 0.00677. The first-order valence-corrected chi connectivity index (χ1v) is 5.67. The Morgan fingerprint density at radius 2 is 1.76 bits per heavy atom. The number of aryl methyl sites for hydroxylation is 2. The maximum Gasteiger partial charge on any atom is 0.276 e. The molecule has 0 aliphatic rings. The molecule has 1 aromatic carbocycles. The van der Waals surface area contributed by atoms with Crippen molar-refractivity contribution in [3.05, 3.63) is 40.7 Å². The van der Waals surface area contributed by atoms with E-state index in [-0.39, 0.29) is 17.4 Å². The van der Waals surface area contributed by atoms with Crippen LogP contribution in [-0.2, 0) is 7.05 Å². The number of carbonyl (C=O) groups is 1. The molecule has 0 saturated heterocycles. The van der Waals surface area contributed by atoms with Crippen molar-refractivity contribution in [1.29, 1.82) is 0 Å². The summed E-state index contributed by atoms with van der Waals surface area (Å²) in [5.74, 6) is -7.71. The molecule has 0 bridgehead atoms. The van der Waals surface area contributed by atoms with Gasteiger partial charge in [-0.05, 0) is 6.92 Å². The fourth-order valence-electron chi connectivity index (χ4n) is 1.80. The molecule has 21 heavy (non-hydrogen) atoms. The van der Waals surface area contributed by atoms with Gasteiger partial charge >= 0.3 is 0 Å². The minimum Gasteiger partial charge on any atom is -0.395 e. The van der Waals surface area contributed by atoms with Crippen LogP contribution in [0, 0.1) is 30.2 Å². The number of nitrogens with zero attached hydrogens (tertiary/aromatic N) is 2. The van der Waals surface area contributed by atoms with Gasteiger partial charge in [0.05, 0.1) is 11.4 Å². The molecule has 2 rings (SSSR count). The van der Waals surface area contributed by atoms with E-state index in [1.807, 2.05) is 0 Å². The fourth-order valence-corrected chi connectivity index (χ4v) is 1.80. The molecule has 0 aliphatic carbocycles. The highest BCUT2D eigenvalue weighted by atomic mass is 19.2. The number of hydrogen-bond donors (Lipinski definition) is 2. The smallest absolute Gasteiger partial charge is 0.276 e. The van der Waals surface area contributed by atoms with Crippen LogP contribution in [0.2, 0.25) is 0 Å². The fraction of sp³-hybridized carbons (Fsp3) is 0.167. The topological polar surface area (TPSA) is 72.9 Å². The van der Waals surface area contributed by atoms with Crippen molar-refractivity contribution in [2.75, 3.05) is 11.1 Å². The summed E-state index contributed by atoms with van der Waals surface area (Å²) in [6.45, 7) is 1.52. The molecule has 0 atom stereocenters. The van der Waals surface area contributed by atoms with Gasteiger partial charge in [0.15, 0.2) is 23.3 Å². The molecular formula is C12H10F4N4O. The number of rotatable bonds is 2. The number of halogens is 4. The molecule has 1 aromatic heterocycles. The van der Waals surface area contributed by atoms with Gasteiger partial charge in [-0.1, -0.05) is 0 Å². The van der Waals surface area contributed by atoms with E-state index < -0.39 is 34.9 Å². The number of nitrogens with two attached hydrogens (primary N) is 1. The number of benzene rings is 1. The van der Waals surface area contributed by atoms with Crippen molar-refractivity contribution in [1.82, 2.24) is 9.78 Å². The zero-order valence-electron chi connectivity index (χ0n) is 11.0.